The van der Waals surface area contributed by atoms with Gasteiger partial charge < -0.3 is 10.0 Å². The maximum Gasteiger partial charge on any atom is 0.115 e. The van der Waals surface area contributed by atoms with Gasteiger partial charge in [0.1, 0.15) is 5.75 Å². The third-order valence-corrected chi connectivity index (χ3v) is 4.20. The number of nitrogens with zero attached hydrogens (tertiary/aromatic N) is 1. The van der Waals surface area contributed by atoms with Crippen LogP contribution in [0.15, 0.2) is 24.3 Å². The van der Waals surface area contributed by atoms with Crippen molar-refractivity contribution in [3.05, 3.63) is 24.3 Å². The van der Waals surface area contributed by atoms with E-state index in [0.29, 0.717) is 5.75 Å². The second-order valence-corrected chi connectivity index (χ2v) is 5.12. The minimum Gasteiger partial charge on any atom is -0.508 e. The van der Waals surface area contributed by atoms with Gasteiger partial charge in [-0.1, -0.05) is 0 Å². The summed E-state index contributed by atoms with van der Waals surface area (Å²) in [5.41, 5.74) is 1.19. The Balaban J connectivity index is 2.10. The molecule has 0 atom stereocenters. The first-order valence-electron chi connectivity index (χ1n) is 4.06. The molecule has 0 amide bonds. The Morgan fingerprint density at radius 3 is 2.31 bits per heavy atom. The van der Waals surface area contributed by atoms with Gasteiger partial charge in [0, 0.05) is 10.8 Å². The topological polar surface area (TPSA) is 23.5 Å². The molecule has 1 aromatic carbocycles. The number of phenolic OH excluding ortho intramolecular Hbond substituents is 1. The fourth-order valence-electron chi connectivity index (χ4n) is 1.20. The van der Waals surface area contributed by atoms with Crippen LogP contribution in [0.3, 0.4) is 0 Å². The summed E-state index contributed by atoms with van der Waals surface area (Å²) in [6, 6.07) is 7.39. The predicted octanol–water partition coefficient (Wildman–Crippen LogP) is 2.55. The van der Waals surface area contributed by atoms with Crippen LogP contribution < -0.4 is 4.90 Å². The molecule has 1 aliphatic heterocycles. The second kappa shape index (κ2) is 4.15. The molecule has 0 unspecified atom stereocenters. The van der Waals surface area contributed by atoms with Gasteiger partial charge in [0.2, 0.25) is 0 Å². The number of hydrogen-bond donors (Lipinski definition) is 1. The molecule has 1 saturated heterocycles. The van der Waals surface area contributed by atoms with E-state index in [0.717, 1.165) is 11.8 Å². The van der Waals surface area contributed by atoms with E-state index in [4.69, 9.17) is 5.11 Å². The number of phenols is 1. The van der Waals surface area contributed by atoms with Gasteiger partial charge in [-0.3, -0.25) is 0 Å². The van der Waals surface area contributed by atoms with Crippen LogP contribution in [0.2, 0.25) is 0 Å². The lowest BCUT2D eigenvalue weighted by molar-refractivity contribution is 0.475. The molecule has 0 saturated carbocycles. The van der Waals surface area contributed by atoms with Crippen LogP contribution in [0.4, 0.5) is 5.69 Å². The van der Waals surface area contributed by atoms with E-state index in [2.05, 4.69) is 4.90 Å². The third kappa shape index (κ3) is 2.25. The monoisotopic (exact) mass is 213 g/mol. The molecule has 1 aromatic rings. The lowest BCUT2D eigenvalue weighted by Gasteiger charge is -2.27. The van der Waals surface area contributed by atoms with Crippen molar-refractivity contribution in [3.8, 4) is 5.75 Å². The maximum atomic E-state index is 9.13. The average Bonchev–Trinajstić information content (AvgIpc) is 2.20. The van der Waals surface area contributed by atoms with Crippen molar-refractivity contribution in [3.63, 3.8) is 0 Å². The second-order valence-electron chi connectivity index (χ2n) is 2.84. The molecule has 0 aliphatic carbocycles. The normalized spacial score (nSPS) is 17.4. The molecule has 0 aromatic heterocycles. The van der Waals surface area contributed by atoms with E-state index in [1.807, 2.05) is 35.7 Å². The van der Waals surface area contributed by atoms with Crippen molar-refractivity contribution in [1.82, 2.24) is 0 Å². The molecule has 1 heterocycles. The highest BCUT2D eigenvalue weighted by atomic mass is 32.2. The van der Waals surface area contributed by atoms with Crippen LogP contribution in [-0.4, -0.2) is 21.9 Å². The largest absolute Gasteiger partial charge is 0.508 e. The molecule has 0 bridgehead atoms. The fourth-order valence-corrected chi connectivity index (χ4v) is 3.31. The summed E-state index contributed by atoms with van der Waals surface area (Å²) in [6.45, 7) is 0. The zero-order valence-electron chi connectivity index (χ0n) is 7.14. The molecule has 0 spiro atoms. The van der Waals surface area contributed by atoms with Crippen LogP contribution >= 0.6 is 23.5 Å². The van der Waals surface area contributed by atoms with Gasteiger partial charge >= 0.3 is 0 Å². The number of anilines is 1. The quantitative estimate of drug-likeness (QED) is 0.774. The molecule has 4 heteroatoms. The number of aromatic hydroxyl groups is 1. The first kappa shape index (κ1) is 9.09. The van der Waals surface area contributed by atoms with Crippen LogP contribution in [0, 0.1) is 0 Å². The highest BCUT2D eigenvalue weighted by molar-refractivity contribution is 8.16. The molecule has 1 N–H and O–H groups in total. The van der Waals surface area contributed by atoms with Gasteiger partial charge in [-0.25, -0.2) is 0 Å². The number of rotatable bonds is 1. The summed E-state index contributed by atoms with van der Waals surface area (Å²) in [5, 5.41) is 10.3. The molecular weight excluding hydrogens is 202 g/mol. The summed E-state index contributed by atoms with van der Waals surface area (Å²) < 4.78 is 0. The van der Waals surface area contributed by atoms with Gasteiger partial charge in [0.25, 0.3) is 0 Å². The van der Waals surface area contributed by atoms with Crippen molar-refractivity contribution in [1.29, 1.82) is 0 Å². The van der Waals surface area contributed by atoms with Crippen molar-refractivity contribution in [2.75, 3.05) is 21.7 Å². The zero-order valence-corrected chi connectivity index (χ0v) is 8.77. The van der Waals surface area contributed by atoms with Crippen molar-refractivity contribution >= 4 is 29.2 Å². The number of benzene rings is 1. The van der Waals surface area contributed by atoms with Crippen molar-refractivity contribution < 1.29 is 5.11 Å². The van der Waals surface area contributed by atoms with Gasteiger partial charge in [0.15, 0.2) is 0 Å². The van der Waals surface area contributed by atoms with E-state index in [9.17, 15) is 0 Å². The summed E-state index contributed by atoms with van der Waals surface area (Å²) in [5.74, 6) is 2.44. The maximum absolute atomic E-state index is 9.13. The highest BCUT2D eigenvalue weighted by Crippen LogP contribution is 2.27. The molecule has 0 radical (unpaired) electrons. The minimum absolute atomic E-state index is 0.334. The lowest BCUT2D eigenvalue weighted by atomic mass is 10.3. The molecule has 2 nitrogen and oxygen atoms in total. The van der Waals surface area contributed by atoms with Gasteiger partial charge in [-0.15, -0.1) is 23.5 Å². The Hall–Kier alpha value is -0.480. The molecule has 2 rings (SSSR count). The van der Waals surface area contributed by atoms with E-state index >= 15 is 0 Å². The average molecular weight is 213 g/mol. The highest BCUT2D eigenvalue weighted by Gasteiger charge is 2.10. The zero-order chi connectivity index (χ0) is 9.10. The smallest absolute Gasteiger partial charge is 0.115 e. The van der Waals surface area contributed by atoms with Gasteiger partial charge in [-0.05, 0) is 24.3 Å². The van der Waals surface area contributed by atoms with Crippen molar-refractivity contribution in [2.24, 2.45) is 0 Å². The summed E-state index contributed by atoms with van der Waals surface area (Å²) in [4.78, 5) is 2.30. The van der Waals surface area contributed by atoms with E-state index in [-0.39, 0.29) is 0 Å². The Morgan fingerprint density at radius 2 is 1.69 bits per heavy atom. The molecule has 70 valence electrons. The Morgan fingerprint density at radius 1 is 1.08 bits per heavy atom. The van der Waals surface area contributed by atoms with Crippen LogP contribution in [0.1, 0.15) is 0 Å². The third-order valence-electron chi connectivity index (χ3n) is 1.88. The fraction of sp³-hybridized carbons (Fsp3) is 0.333. The standard InChI is InChI=1S/C9H11NOS2/c11-9-3-1-8(2-4-9)10-5-12-7-13-6-10/h1-4,11H,5-7H2. The minimum atomic E-state index is 0.334. The first-order valence-corrected chi connectivity index (χ1v) is 6.37. The van der Waals surface area contributed by atoms with Gasteiger partial charge in [0.05, 0.1) is 11.8 Å². The lowest BCUT2D eigenvalue weighted by Crippen LogP contribution is -2.25. The Kier molecular flexibility index (Phi) is 2.90. The summed E-state index contributed by atoms with van der Waals surface area (Å²) in [6.07, 6.45) is 0. The number of hydrogen-bond acceptors (Lipinski definition) is 4. The molecule has 1 fully saturated rings. The number of thioether (sulfide) groups is 2. The van der Waals surface area contributed by atoms with Crippen molar-refractivity contribution in [2.45, 2.75) is 0 Å². The van der Waals surface area contributed by atoms with Crippen LogP contribution in [-0.2, 0) is 0 Å². The van der Waals surface area contributed by atoms with E-state index in [1.165, 1.54) is 10.8 Å². The summed E-state index contributed by atoms with van der Waals surface area (Å²) >= 11 is 3.86. The predicted molar refractivity (Wildman–Crippen MR) is 60.4 cm³/mol. The SMILES string of the molecule is Oc1ccc(N2CSCSC2)cc1. The summed E-state index contributed by atoms with van der Waals surface area (Å²) in [7, 11) is 0. The first-order chi connectivity index (χ1) is 6.36. The van der Waals surface area contributed by atoms with E-state index < -0.39 is 0 Å². The molecular formula is C9H11NOS2. The van der Waals surface area contributed by atoms with Crippen LogP contribution in [0.25, 0.3) is 0 Å². The Bertz CT molecular complexity index is 269. The van der Waals surface area contributed by atoms with E-state index in [1.54, 1.807) is 12.1 Å². The molecule has 13 heavy (non-hydrogen) atoms. The van der Waals surface area contributed by atoms with Gasteiger partial charge in [-0.2, -0.15) is 0 Å². The Labute approximate surface area is 86.3 Å². The molecule has 1 aliphatic rings. The van der Waals surface area contributed by atoms with Crippen LogP contribution in [0.5, 0.6) is 5.75 Å².